The summed E-state index contributed by atoms with van der Waals surface area (Å²) in [5.41, 5.74) is 0. The second kappa shape index (κ2) is 11.3. The minimum Gasteiger partial charge on any atom is 0 e. The molecule has 0 saturated heterocycles. The molecule has 6 heteroatoms. The van der Waals surface area contributed by atoms with Gasteiger partial charge in [0.2, 0.25) is 0 Å². The molecule has 0 aromatic carbocycles. The first-order valence-corrected chi connectivity index (χ1v) is 4.77. The standard InChI is InChI=1S/Ba.3FH.La.Zr.2H/h;3*1H;;;;/q;;;;+3;;;/p-3. The number of hydrogen-bond acceptors (Lipinski definition) is 0. The molecule has 0 nitrogen and oxygen atoms in total. The molecule has 32 valence electrons. The van der Waals surface area contributed by atoms with Crippen LogP contribution in [0.4, 0.5) is 4.81 Å². The third-order valence-electron chi connectivity index (χ3n) is 0. The van der Waals surface area contributed by atoms with Crippen LogP contribution in [0.2, 0.25) is 0 Å². The van der Waals surface area contributed by atoms with Gasteiger partial charge in [0.15, 0.2) is 0 Å². The summed E-state index contributed by atoms with van der Waals surface area (Å²) in [7, 11) is 0. The average molecular weight is 426 g/mol. The van der Waals surface area contributed by atoms with Gasteiger partial charge in [0.1, 0.15) is 0 Å². The van der Waals surface area contributed by atoms with Crippen LogP contribution < -0.4 is 0 Å². The molecule has 0 fully saturated rings. The van der Waals surface area contributed by atoms with E-state index in [2.05, 4.69) is 0 Å². The molecule has 6 heavy (non-hydrogen) atoms. The van der Waals surface area contributed by atoms with Crippen molar-refractivity contribution in [3.8, 4) is 0 Å². The second-order valence-electron chi connectivity index (χ2n) is 0.247. The van der Waals surface area contributed by atoms with Crippen LogP contribution in [0.3, 0.4) is 0 Å². The molecule has 0 radical (unpaired) electrons. The summed E-state index contributed by atoms with van der Waals surface area (Å²) in [5.74, 6) is 0. The Balaban J connectivity index is -0.0000000450. The Morgan fingerprint density at radius 1 is 1.00 bits per heavy atom. The summed E-state index contributed by atoms with van der Waals surface area (Å²) < 4.78 is 29.7. The summed E-state index contributed by atoms with van der Waals surface area (Å²) in [5, 5.41) is 0. The maximum absolute atomic E-state index is 9.89. The van der Waals surface area contributed by atoms with E-state index >= 15 is 0 Å². The number of hydrogen-bond donors (Lipinski definition) is 0. The van der Waals surface area contributed by atoms with E-state index in [0.29, 0.717) is 0 Å². The Bertz CT molecular complexity index is 15.5. The third-order valence-corrected chi connectivity index (χ3v) is 0. The van der Waals surface area contributed by atoms with Gasteiger partial charge in [-0.25, -0.2) is 0 Å². The molecular weight excluding hydrogens is 424 g/mol. The number of halogens is 3. The largest absolute Gasteiger partial charge is 0 e. The van der Waals surface area contributed by atoms with E-state index in [4.69, 9.17) is 0 Å². The zero-order chi connectivity index (χ0) is 3.58. The molecule has 0 aliphatic heterocycles. The summed E-state index contributed by atoms with van der Waals surface area (Å²) in [6.07, 6.45) is 0. The van der Waals surface area contributed by atoms with Gasteiger partial charge >= 0.3 is 85.9 Å². The van der Waals surface area contributed by atoms with Crippen molar-refractivity contribution in [1.82, 2.24) is 0 Å². The SMILES string of the molecule is [BaH2].[F][La]([F])[F].[Zr]. The minimum absolute atomic E-state index is 0. The van der Waals surface area contributed by atoms with Crippen molar-refractivity contribution in [2.45, 2.75) is 0 Å². The molecular formula is H2BaF3LaZr. The van der Waals surface area contributed by atoms with E-state index in [9.17, 15) is 4.81 Å². The van der Waals surface area contributed by atoms with Crippen LogP contribution in [-0.2, 0) is 26.2 Å². The topological polar surface area (TPSA) is 0 Å². The molecule has 0 rings (SSSR count). The Kier molecular flexibility index (Phi) is 30.4. The summed E-state index contributed by atoms with van der Waals surface area (Å²) >= 11 is -5.22. The number of rotatable bonds is 0. The fourth-order valence-corrected chi connectivity index (χ4v) is 0. The molecule has 0 bridgehead atoms. The van der Waals surface area contributed by atoms with Gasteiger partial charge in [-0.2, -0.15) is 0 Å². The van der Waals surface area contributed by atoms with E-state index in [0.717, 1.165) is 0 Å². The average Bonchev–Trinajstić information content (AvgIpc) is 0.811. The van der Waals surface area contributed by atoms with Gasteiger partial charge in [-0.15, -0.1) is 0 Å². The van der Waals surface area contributed by atoms with Crippen molar-refractivity contribution in [2.75, 3.05) is 0 Å². The third kappa shape index (κ3) is 26.1. The van der Waals surface area contributed by atoms with Gasteiger partial charge in [-0.1, -0.05) is 0 Å². The summed E-state index contributed by atoms with van der Waals surface area (Å²) in [6.45, 7) is 0. The maximum atomic E-state index is 9.89. The first kappa shape index (κ1) is 16.2. The van der Waals surface area contributed by atoms with Gasteiger partial charge in [0, 0.05) is 26.2 Å². The zero-order valence-corrected chi connectivity index (χ0v) is 8.30. The van der Waals surface area contributed by atoms with Gasteiger partial charge in [0.05, 0.1) is 0 Å². The van der Waals surface area contributed by atoms with Crippen LogP contribution in [0.25, 0.3) is 0 Å². The maximum Gasteiger partial charge on any atom is 0 e. The summed E-state index contributed by atoms with van der Waals surface area (Å²) in [6, 6.07) is 0. The molecule has 0 aliphatic rings. The van der Waals surface area contributed by atoms with Gasteiger partial charge in [-0.3, -0.25) is 0 Å². The van der Waals surface area contributed by atoms with Crippen LogP contribution in [0, 0.1) is 32.2 Å². The molecule has 0 spiro atoms. The van der Waals surface area contributed by atoms with Crippen LogP contribution >= 0.6 is 0 Å². The monoisotopic (exact) mass is 426 g/mol. The predicted molar refractivity (Wildman–Crippen MR) is 11.9 cm³/mol. The van der Waals surface area contributed by atoms with Crippen LogP contribution in [0.1, 0.15) is 0 Å². The van der Waals surface area contributed by atoms with E-state index < -0.39 is 32.2 Å². The molecule has 0 unspecified atom stereocenters. The Morgan fingerprint density at radius 3 is 1.00 bits per heavy atom. The smallest absolute Gasteiger partial charge is 0 e. The van der Waals surface area contributed by atoms with Crippen molar-refractivity contribution >= 4 is 48.9 Å². The van der Waals surface area contributed by atoms with E-state index in [1.807, 2.05) is 0 Å². The molecule has 0 aromatic rings. The fraction of sp³-hybridized carbons (Fsp3) is 0. The van der Waals surface area contributed by atoms with E-state index in [-0.39, 0.29) is 75.1 Å². The van der Waals surface area contributed by atoms with E-state index in [1.54, 1.807) is 0 Å². The molecule has 0 aliphatic carbocycles. The van der Waals surface area contributed by atoms with Crippen molar-refractivity contribution in [2.24, 2.45) is 0 Å². The predicted octanol–water partition coefficient (Wildman–Crippen LogP) is 0.342. The van der Waals surface area contributed by atoms with Crippen molar-refractivity contribution in [1.29, 1.82) is 0 Å². The quantitative estimate of drug-likeness (QED) is 0.491. The Labute approximate surface area is 109 Å². The van der Waals surface area contributed by atoms with Gasteiger partial charge in [0.25, 0.3) is 0 Å². The normalized spacial score (nSPS) is 4.50. The first-order chi connectivity index (χ1) is 1.73. The first-order valence-electron chi connectivity index (χ1n) is 0.655. The molecule has 0 heterocycles. The zero-order valence-electron chi connectivity index (χ0n) is 2.21. The molecule has 0 atom stereocenters. The second-order valence-corrected chi connectivity index (χ2v) is 1.80. The molecule has 0 saturated carbocycles. The fourth-order valence-electron chi connectivity index (χ4n) is 0. The van der Waals surface area contributed by atoms with E-state index in [1.165, 1.54) is 0 Å². The Hall–Kier alpha value is 3.44. The van der Waals surface area contributed by atoms with Crippen molar-refractivity contribution in [3.05, 3.63) is 0 Å². The molecule has 0 aromatic heterocycles. The Morgan fingerprint density at radius 2 is 1.00 bits per heavy atom. The summed E-state index contributed by atoms with van der Waals surface area (Å²) in [4.78, 5) is 0. The van der Waals surface area contributed by atoms with Gasteiger partial charge in [-0.05, 0) is 0 Å². The van der Waals surface area contributed by atoms with Crippen LogP contribution in [0.15, 0.2) is 0 Å². The van der Waals surface area contributed by atoms with Crippen molar-refractivity contribution in [3.63, 3.8) is 0 Å². The van der Waals surface area contributed by atoms with Gasteiger partial charge < -0.3 is 0 Å². The molecule has 0 N–H and O–H groups in total. The molecule has 0 amide bonds. The van der Waals surface area contributed by atoms with Crippen LogP contribution in [-0.4, -0.2) is 48.9 Å². The van der Waals surface area contributed by atoms with Crippen molar-refractivity contribution < 1.29 is 63.3 Å². The minimum atomic E-state index is -5.22. The van der Waals surface area contributed by atoms with Crippen LogP contribution in [0.5, 0.6) is 0 Å².